The Hall–Kier alpha value is -2.40. The molecule has 5 heteroatoms. The van der Waals surface area contributed by atoms with Crippen molar-refractivity contribution in [3.8, 4) is 11.5 Å². The maximum Gasteiger partial charge on any atom is 0.308 e. The Morgan fingerprint density at radius 2 is 1.59 bits per heavy atom. The molecule has 0 aliphatic carbocycles. The first-order valence-electron chi connectivity index (χ1n) is 6.74. The van der Waals surface area contributed by atoms with Crippen molar-refractivity contribution in [3.05, 3.63) is 59.9 Å². The van der Waals surface area contributed by atoms with Gasteiger partial charge in [0.05, 0.1) is 19.1 Å². The fourth-order valence-electron chi connectivity index (χ4n) is 1.98. The minimum Gasteiger partial charge on any atom is -0.469 e. The predicted octanol–water partition coefficient (Wildman–Crippen LogP) is 3.39. The zero-order valence-electron chi connectivity index (χ0n) is 12.4. The lowest BCUT2D eigenvalue weighted by atomic mass is 9.92. The number of hydrogen-bond acceptors (Lipinski definition) is 4. The smallest absolute Gasteiger partial charge is 0.308 e. The van der Waals surface area contributed by atoms with Crippen LogP contribution in [-0.4, -0.2) is 18.2 Å². The van der Waals surface area contributed by atoms with Gasteiger partial charge in [-0.25, -0.2) is 4.39 Å². The van der Waals surface area contributed by atoms with Gasteiger partial charge in [-0.3, -0.25) is 4.79 Å². The lowest BCUT2D eigenvalue weighted by molar-refractivity contribution is -0.145. The van der Waals surface area contributed by atoms with Gasteiger partial charge >= 0.3 is 5.97 Å². The van der Waals surface area contributed by atoms with E-state index in [9.17, 15) is 14.3 Å². The number of esters is 1. The molecule has 0 saturated carbocycles. The molecule has 0 fully saturated rings. The second kappa shape index (κ2) is 6.58. The normalized spacial score (nSPS) is 13.3. The van der Waals surface area contributed by atoms with Crippen LogP contribution in [0, 0.1) is 5.82 Å². The fourth-order valence-corrected chi connectivity index (χ4v) is 1.98. The van der Waals surface area contributed by atoms with Gasteiger partial charge in [0.2, 0.25) is 0 Å². The zero-order valence-corrected chi connectivity index (χ0v) is 12.4. The van der Waals surface area contributed by atoms with E-state index in [4.69, 9.17) is 4.74 Å². The molecular formula is C17H17FO4. The maximum atomic E-state index is 12.8. The van der Waals surface area contributed by atoms with Crippen LogP contribution in [0.15, 0.2) is 48.5 Å². The minimum absolute atomic E-state index is 0.137. The summed E-state index contributed by atoms with van der Waals surface area (Å²) in [5, 5.41) is 10.3. The molecule has 1 atom stereocenters. The highest BCUT2D eigenvalue weighted by Gasteiger charge is 2.27. The van der Waals surface area contributed by atoms with E-state index in [2.05, 4.69) is 4.74 Å². The highest BCUT2D eigenvalue weighted by Crippen LogP contribution is 2.28. The monoisotopic (exact) mass is 304 g/mol. The summed E-state index contributed by atoms with van der Waals surface area (Å²) in [6.45, 7) is 1.54. The van der Waals surface area contributed by atoms with E-state index in [0.717, 1.165) is 0 Å². The molecule has 0 spiro atoms. The Bertz CT molecular complexity index is 633. The quantitative estimate of drug-likeness (QED) is 0.860. The topological polar surface area (TPSA) is 55.8 Å². The van der Waals surface area contributed by atoms with Crippen LogP contribution in [0.5, 0.6) is 11.5 Å². The molecule has 0 aliphatic heterocycles. The van der Waals surface area contributed by atoms with Crippen molar-refractivity contribution >= 4 is 5.97 Å². The molecule has 2 aromatic rings. The van der Waals surface area contributed by atoms with Crippen molar-refractivity contribution in [2.24, 2.45) is 0 Å². The van der Waals surface area contributed by atoms with Gasteiger partial charge < -0.3 is 14.6 Å². The zero-order chi connectivity index (χ0) is 16.2. The van der Waals surface area contributed by atoms with Gasteiger partial charge in [-0.05, 0) is 48.9 Å². The first-order valence-corrected chi connectivity index (χ1v) is 6.74. The molecule has 0 bridgehead atoms. The number of aliphatic hydroxyl groups is 1. The summed E-state index contributed by atoms with van der Waals surface area (Å²) in [6, 6.07) is 12.3. The van der Waals surface area contributed by atoms with E-state index in [0.29, 0.717) is 17.1 Å². The number of carbonyl (C=O) groups is 1. The Labute approximate surface area is 128 Å². The van der Waals surface area contributed by atoms with E-state index in [1.54, 1.807) is 31.2 Å². The number of halogens is 1. The highest BCUT2D eigenvalue weighted by molar-refractivity contribution is 5.70. The largest absolute Gasteiger partial charge is 0.469 e. The first-order chi connectivity index (χ1) is 10.4. The molecule has 4 nitrogen and oxygen atoms in total. The molecule has 0 heterocycles. The number of hydrogen-bond donors (Lipinski definition) is 1. The van der Waals surface area contributed by atoms with Gasteiger partial charge in [-0.15, -0.1) is 0 Å². The minimum atomic E-state index is -1.32. The summed E-state index contributed by atoms with van der Waals surface area (Å²) in [5.74, 6) is 0.234. The highest BCUT2D eigenvalue weighted by atomic mass is 19.1. The van der Waals surface area contributed by atoms with Gasteiger partial charge in [0.25, 0.3) is 0 Å². The van der Waals surface area contributed by atoms with Gasteiger partial charge in [-0.1, -0.05) is 12.1 Å². The van der Waals surface area contributed by atoms with Gasteiger partial charge in [0.15, 0.2) is 0 Å². The van der Waals surface area contributed by atoms with Gasteiger partial charge in [0.1, 0.15) is 17.3 Å². The molecule has 0 radical (unpaired) electrons. The summed E-state index contributed by atoms with van der Waals surface area (Å²) in [5.41, 5.74) is -0.744. The molecular weight excluding hydrogens is 287 g/mol. The van der Waals surface area contributed by atoms with Crippen molar-refractivity contribution in [2.75, 3.05) is 7.11 Å². The lowest BCUT2D eigenvalue weighted by Crippen LogP contribution is -2.25. The van der Waals surface area contributed by atoms with Crippen LogP contribution in [0.1, 0.15) is 18.9 Å². The van der Waals surface area contributed by atoms with Crippen molar-refractivity contribution in [3.63, 3.8) is 0 Å². The molecule has 0 aliphatic rings. The van der Waals surface area contributed by atoms with Crippen LogP contribution < -0.4 is 4.74 Å². The molecule has 1 unspecified atom stereocenters. The van der Waals surface area contributed by atoms with E-state index in [-0.39, 0.29) is 12.2 Å². The SMILES string of the molecule is COC(=O)CC(C)(O)c1ccc(Oc2ccc(F)cc2)cc1. The summed E-state index contributed by atoms with van der Waals surface area (Å²) in [4.78, 5) is 11.3. The van der Waals surface area contributed by atoms with Gasteiger partial charge in [-0.2, -0.15) is 0 Å². The molecule has 0 aromatic heterocycles. The van der Waals surface area contributed by atoms with E-state index >= 15 is 0 Å². The van der Waals surface area contributed by atoms with Crippen molar-refractivity contribution in [2.45, 2.75) is 18.9 Å². The Morgan fingerprint density at radius 1 is 1.09 bits per heavy atom. The summed E-state index contributed by atoms with van der Waals surface area (Å²) in [6.07, 6.45) is -0.137. The molecule has 2 aromatic carbocycles. The number of ether oxygens (including phenoxy) is 2. The molecule has 0 amide bonds. The second-order valence-corrected chi connectivity index (χ2v) is 5.11. The van der Waals surface area contributed by atoms with Crippen molar-refractivity contribution in [1.82, 2.24) is 0 Å². The lowest BCUT2D eigenvalue weighted by Gasteiger charge is -2.22. The number of carbonyl (C=O) groups excluding carboxylic acids is 1. The standard InChI is InChI=1S/C17H17FO4/c1-17(20,11-16(19)21-2)12-3-7-14(8-4-12)22-15-9-5-13(18)6-10-15/h3-10,20H,11H2,1-2H3. The van der Waals surface area contributed by atoms with Crippen LogP contribution in [0.3, 0.4) is 0 Å². The van der Waals surface area contributed by atoms with E-state index in [1.807, 2.05) is 0 Å². The summed E-state index contributed by atoms with van der Waals surface area (Å²) >= 11 is 0. The summed E-state index contributed by atoms with van der Waals surface area (Å²) in [7, 11) is 1.28. The number of methoxy groups -OCH3 is 1. The van der Waals surface area contributed by atoms with Crippen LogP contribution in [0.4, 0.5) is 4.39 Å². The predicted molar refractivity (Wildman–Crippen MR) is 79.1 cm³/mol. The maximum absolute atomic E-state index is 12.8. The van der Waals surface area contributed by atoms with E-state index < -0.39 is 11.6 Å². The molecule has 116 valence electrons. The summed E-state index contributed by atoms with van der Waals surface area (Å²) < 4.78 is 23.0. The molecule has 1 N–H and O–H groups in total. The van der Waals surface area contributed by atoms with Crippen molar-refractivity contribution < 1.29 is 23.8 Å². The van der Waals surface area contributed by atoms with Crippen molar-refractivity contribution in [1.29, 1.82) is 0 Å². The fraction of sp³-hybridized carbons (Fsp3) is 0.235. The van der Waals surface area contributed by atoms with Gasteiger partial charge in [0, 0.05) is 0 Å². The second-order valence-electron chi connectivity index (χ2n) is 5.11. The van der Waals surface area contributed by atoms with Crippen LogP contribution in [0.25, 0.3) is 0 Å². The van der Waals surface area contributed by atoms with E-state index in [1.165, 1.54) is 31.4 Å². The van der Waals surface area contributed by atoms with Crippen LogP contribution in [-0.2, 0) is 15.1 Å². The third-order valence-corrected chi connectivity index (χ3v) is 3.24. The Morgan fingerprint density at radius 3 is 2.09 bits per heavy atom. The molecule has 22 heavy (non-hydrogen) atoms. The first kappa shape index (κ1) is 16.0. The Balaban J connectivity index is 2.09. The average molecular weight is 304 g/mol. The Kier molecular flexibility index (Phi) is 4.78. The third-order valence-electron chi connectivity index (χ3n) is 3.24. The molecule has 0 saturated heterocycles. The van der Waals surface area contributed by atoms with Crippen LogP contribution in [0.2, 0.25) is 0 Å². The molecule has 2 rings (SSSR count). The number of rotatable bonds is 5. The number of benzene rings is 2. The average Bonchev–Trinajstić information content (AvgIpc) is 2.49. The van der Waals surface area contributed by atoms with Crippen LogP contribution >= 0.6 is 0 Å². The third kappa shape index (κ3) is 4.05.